The van der Waals surface area contributed by atoms with E-state index in [2.05, 4.69) is 5.32 Å². The van der Waals surface area contributed by atoms with Crippen LogP contribution in [0, 0.1) is 0 Å². The van der Waals surface area contributed by atoms with Crippen molar-refractivity contribution in [2.45, 2.75) is 31.9 Å². The summed E-state index contributed by atoms with van der Waals surface area (Å²) in [5, 5.41) is 13.1. The van der Waals surface area contributed by atoms with Crippen molar-refractivity contribution in [2.75, 3.05) is 20.3 Å². The average Bonchev–Trinajstić information content (AvgIpc) is 2.66. The third-order valence-electron chi connectivity index (χ3n) is 3.99. The van der Waals surface area contributed by atoms with Gasteiger partial charge in [-0.2, -0.15) is 0 Å². The largest absolute Gasteiger partial charge is 0.491 e. The second kappa shape index (κ2) is 9.94. The van der Waals surface area contributed by atoms with E-state index < -0.39 is 12.0 Å². The van der Waals surface area contributed by atoms with E-state index >= 15 is 0 Å². The summed E-state index contributed by atoms with van der Waals surface area (Å²) in [5.74, 6) is -0.134. The molecule has 0 radical (unpaired) electrons. The number of aliphatic hydroxyl groups excluding tert-OH is 1. The van der Waals surface area contributed by atoms with Crippen LogP contribution in [0.5, 0.6) is 5.75 Å². The zero-order valence-corrected chi connectivity index (χ0v) is 15.5. The van der Waals surface area contributed by atoms with Gasteiger partial charge in [-0.05, 0) is 23.3 Å². The van der Waals surface area contributed by atoms with Crippen LogP contribution >= 0.6 is 0 Å². The van der Waals surface area contributed by atoms with E-state index in [1.54, 1.807) is 12.1 Å². The van der Waals surface area contributed by atoms with E-state index in [0.717, 1.165) is 11.1 Å². The second-order valence-corrected chi connectivity index (χ2v) is 6.46. The number of nitrogens with one attached hydrogen (secondary N) is 1. The first kappa shape index (κ1) is 19.9. The van der Waals surface area contributed by atoms with Gasteiger partial charge in [-0.25, -0.2) is 0 Å². The lowest BCUT2D eigenvalue weighted by atomic mass is 9.91. The van der Waals surface area contributed by atoms with Gasteiger partial charge in [-0.3, -0.25) is 4.79 Å². The fourth-order valence-electron chi connectivity index (χ4n) is 2.61. The zero-order chi connectivity index (χ0) is 18.9. The summed E-state index contributed by atoms with van der Waals surface area (Å²) in [5.41, 5.74) is 1.71. The van der Waals surface area contributed by atoms with Crippen LogP contribution < -0.4 is 10.1 Å². The molecule has 140 valence electrons. The highest BCUT2D eigenvalue weighted by Crippen LogP contribution is 2.27. The maximum Gasteiger partial charge on any atom is 0.317 e. The standard InChI is InChI=1S/C21H27NO4/c1-15(2)22-13-18(23)14-26-19-11-9-17(10-12-19)20(21(24)25-3)16-7-5-4-6-8-16/h4-12,15,18,20,22-23H,13-14H2,1-3H3. The van der Waals surface area contributed by atoms with Crippen molar-refractivity contribution in [1.29, 1.82) is 0 Å². The van der Waals surface area contributed by atoms with Gasteiger partial charge in [0.05, 0.1) is 7.11 Å². The molecule has 0 saturated heterocycles. The topological polar surface area (TPSA) is 67.8 Å². The Morgan fingerprint density at radius 2 is 1.65 bits per heavy atom. The quantitative estimate of drug-likeness (QED) is 0.676. The zero-order valence-electron chi connectivity index (χ0n) is 15.5. The lowest BCUT2D eigenvalue weighted by Crippen LogP contribution is -2.35. The second-order valence-electron chi connectivity index (χ2n) is 6.46. The van der Waals surface area contributed by atoms with E-state index in [-0.39, 0.29) is 12.6 Å². The molecule has 0 amide bonds. The Labute approximate surface area is 155 Å². The molecule has 0 fully saturated rings. The van der Waals surface area contributed by atoms with Gasteiger partial charge in [0.1, 0.15) is 24.4 Å². The van der Waals surface area contributed by atoms with Crippen LogP contribution in [0.4, 0.5) is 0 Å². The summed E-state index contributed by atoms with van der Waals surface area (Å²) in [6.45, 7) is 4.74. The van der Waals surface area contributed by atoms with E-state index in [1.165, 1.54) is 7.11 Å². The van der Waals surface area contributed by atoms with Crippen molar-refractivity contribution in [1.82, 2.24) is 5.32 Å². The van der Waals surface area contributed by atoms with Crippen LogP contribution in [0.25, 0.3) is 0 Å². The molecule has 0 aliphatic carbocycles. The number of carbonyl (C=O) groups is 1. The van der Waals surface area contributed by atoms with Crippen molar-refractivity contribution >= 4 is 5.97 Å². The minimum atomic E-state index is -0.579. The fraction of sp³-hybridized carbons (Fsp3) is 0.381. The van der Waals surface area contributed by atoms with Crippen LogP contribution in [0.1, 0.15) is 30.9 Å². The smallest absolute Gasteiger partial charge is 0.317 e. The molecule has 0 bridgehead atoms. The molecule has 0 spiro atoms. The number of aliphatic hydroxyl groups is 1. The van der Waals surface area contributed by atoms with Gasteiger partial charge >= 0.3 is 5.97 Å². The van der Waals surface area contributed by atoms with Gasteiger partial charge in [0.15, 0.2) is 0 Å². The Morgan fingerprint density at radius 3 is 2.23 bits per heavy atom. The van der Waals surface area contributed by atoms with Gasteiger partial charge in [0.25, 0.3) is 0 Å². The molecule has 2 rings (SSSR count). The molecule has 5 nitrogen and oxygen atoms in total. The fourth-order valence-corrected chi connectivity index (χ4v) is 2.61. The molecule has 0 heterocycles. The minimum Gasteiger partial charge on any atom is -0.491 e. The Balaban J connectivity index is 2.03. The first-order valence-electron chi connectivity index (χ1n) is 8.78. The number of rotatable bonds is 9. The normalized spacial score (nSPS) is 13.3. The van der Waals surface area contributed by atoms with Crippen LogP contribution in [0.3, 0.4) is 0 Å². The van der Waals surface area contributed by atoms with Crippen LogP contribution in [0.15, 0.2) is 54.6 Å². The molecule has 2 N–H and O–H groups in total. The maximum atomic E-state index is 12.2. The molecule has 5 heteroatoms. The number of methoxy groups -OCH3 is 1. The summed E-state index contributed by atoms with van der Waals surface area (Å²) in [4.78, 5) is 12.2. The van der Waals surface area contributed by atoms with Crippen LogP contribution in [-0.4, -0.2) is 43.5 Å². The van der Waals surface area contributed by atoms with Crippen LogP contribution in [-0.2, 0) is 9.53 Å². The average molecular weight is 357 g/mol. The number of hydrogen-bond acceptors (Lipinski definition) is 5. The predicted molar refractivity (Wildman–Crippen MR) is 101 cm³/mol. The van der Waals surface area contributed by atoms with Crippen LogP contribution in [0.2, 0.25) is 0 Å². The van der Waals surface area contributed by atoms with E-state index in [9.17, 15) is 9.90 Å². The van der Waals surface area contributed by atoms with E-state index in [4.69, 9.17) is 9.47 Å². The van der Waals surface area contributed by atoms with Crippen molar-refractivity contribution in [3.8, 4) is 5.75 Å². The van der Waals surface area contributed by atoms with Gasteiger partial charge < -0.3 is 19.9 Å². The Kier molecular flexibility index (Phi) is 7.63. The summed E-state index contributed by atoms with van der Waals surface area (Å²) in [6, 6.07) is 17.1. The molecule has 0 aromatic heterocycles. The Hall–Kier alpha value is -2.37. The molecular formula is C21H27NO4. The minimum absolute atomic E-state index is 0.207. The molecule has 0 saturated carbocycles. The number of esters is 1. The molecular weight excluding hydrogens is 330 g/mol. The van der Waals surface area contributed by atoms with Crippen molar-refractivity contribution in [3.63, 3.8) is 0 Å². The number of ether oxygens (including phenoxy) is 2. The predicted octanol–water partition coefficient (Wildman–Crippen LogP) is 2.73. The lowest BCUT2D eigenvalue weighted by Gasteiger charge is -2.17. The Morgan fingerprint density at radius 1 is 1.04 bits per heavy atom. The van der Waals surface area contributed by atoms with Crippen molar-refractivity contribution in [2.24, 2.45) is 0 Å². The Bertz CT molecular complexity index is 670. The molecule has 2 atom stereocenters. The monoisotopic (exact) mass is 357 g/mol. The van der Waals surface area contributed by atoms with Crippen molar-refractivity contribution in [3.05, 3.63) is 65.7 Å². The molecule has 26 heavy (non-hydrogen) atoms. The highest BCUT2D eigenvalue weighted by atomic mass is 16.5. The first-order valence-corrected chi connectivity index (χ1v) is 8.78. The van der Waals surface area contributed by atoms with Gasteiger partial charge in [0, 0.05) is 12.6 Å². The number of hydrogen-bond donors (Lipinski definition) is 2. The van der Waals surface area contributed by atoms with Gasteiger partial charge in [-0.15, -0.1) is 0 Å². The molecule has 2 unspecified atom stereocenters. The molecule has 2 aromatic carbocycles. The molecule has 0 aliphatic heterocycles. The SMILES string of the molecule is COC(=O)C(c1ccccc1)c1ccc(OCC(O)CNC(C)C)cc1. The van der Waals surface area contributed by atoms with E-state index in [0.29, 0.717) is 18.3 Å². The highest BCUT2D eigenvalue weighted by Gasteiger charge is 2.23. The summed E-state index contributed by atoms with van der Waals surface area (Å²) >= 11 is 0. The first-order chi connectivity index (χ1) is 12.5. The van der Waals surface area contributed by atoms with Crippen molar-refractivity contribution < 1.29 is 19.4 Å². The summed E-state index contributed by atoms with van der Waals surface area (Å²) < 4.78 is 10.6. The summed E-state index contributed by atoms with van der Waals surface area (Å²) in [7, 11) is 1.39. The number of benzene rings is 2. The van der Waals surface area contributed by atoms with E-state index in [1.807, 2.05) is 56.3 Å². The summed E-state index contributed by atoms with van der Waals surface area (Å²) in [6.07, 6.45) is -0.579. The highest BCUT2D eigenvalue weighted by molar-refractivity contribution is 5.82. The maximum absolute atomic E-state index is 12.2. The van der Waals surface area contributed by atoms with Gasteiger partial charge in [-0.1, -0.05) is 56.3 Å². The third kappa shape index (κ3) is 5.86. The lowest BCUT2D eigenvalue weighted by molar-refractivity contribution is -0.141. The number of carbonyl (C=O) groups excluding carboxylic acids is 1. The third-order valence-corrected chi connectivity index (χ3v) is 3.99. The molecule has 0 aliphatic rings. The molecule has 2 aromatic rings. The van der Waals surface area contributed by atoms with Gasteiger partial charge in [0.2, 0.25) is 0 Å².